The zero-order valence-corrected chi connectivity index (χ0v) is 10.9. The molecule has 1 rings (SSSR count). The Kier molecular flexibility index (Phi) is 3.72. The number of ketones is 1. The Morgan fingerprint density at radius 2 is 1.80 bits per heavy atom. The zero-order chi connectivity index (χ0) is 11.6. The maximum absolute atomic E-state index is 11.7. The Morgan fingerprint density at radius 3 is 2.20 bits per heavy atom. The molecule has 0 amide bonds. The van der Waals surface area contributed by atoms with Crippen molar-refractivity contribution in [3.05, 3.63) is 29.8 Å². The molecule has 0 fully saturated rings. The van der Waals surface area contributed by atoms with Crippen LogP contribution in [0.4, 0.5) is 5.69 Å². The first kappa shape index (κ1) is 12.4. The number of anilines is 1. The average molecular weight is 339 g/mol. The van der Waals surface area contributed by atoms with E-state index in [1.807, 2.05) is 0 Å². The molecular weight excluding hydrogens is 329 g/mol. The SMILES string of the molecule is CS(=O)(=O)C(I)C(=O)c1ccc(N)cc1. The van der Waals surface area contributed by atoms with Crippen LogP contribution in [0, 0.1) is 0 Å². The lowest BCUT2D eigenvalue weighted by Gasteiger charge is -2.06. The monoisotopic (exact) mass is 339 g/mol. The van der Waals surface area contributed by atoms with Crippen LogP contribution >= 0.6 is 22.6 Å². The Morgan fingerprint density at radius 1 is 1.33 bits per heavy atom. The van der Waals surface area contributed by atoms with E-state index in [9.17, 15) is 13.2 Å². The number of nitrogen functional groups attached to an aromatic ring is 1. The summed E-state index contributed by atoms with van der Waals surface area (Å²) < 4.78 is 21.3. The van der Waals surface area contributed by atoms with Crippen LogP contribution in [0.15, 0.2) is 24.3 Å². The molecule has 0 aliphatic carbocycles. The van der Waals surface area contributed by atoms with Crippen molar-refractivity contribution in [3.63, 3.8) is 0 Å². The number of sulfone groups is 1. The predicted octanol–water partition coefficient (Wildman–Crippen LogP) is 1.26. The first-order valence-electron chi connectivity index (χ1n) is 4.05. The lowest BCUT2D eigenvalue weighted by atomic mass is 10.1. The van der Waals surface area contributed by atoms with Crippen molar-refractivity contribution in [1.82, 2.24) is 0 Å². The molecule has 0 aliphatic rings. The molecule has 82 valence electrons. The van der Waals surface area contributed by atoms with Gasteiger partial charge in [0.1, 0.15) is 0 Å². The van der Waals surface area contributed by atoms with Gasteiger partial charge in [0.2, 0.25) is 0 Å². The van der Waals surface area contributed by atoms with Gasteiger partial charge in [0.05, 0.1) is 0 Å². The summed E-state index contributed by atoms with van der Waals surface area (Å²) in [5.41, 5.74) is 6.35. The summed E-state index contributed by atoms with van der Waals surface area (Å²) in [5.74, 6) is -0.418. The van der Waals surface area contributed by atoms with E-state index in [4.69, 9.17) is 5.73 Å². The average Bonchev–Trinajstić information content (AvgIpc) is 2.15. The minimum atomic E-state index is -3.35. The number of carbonyl (C=O) groups excluding carboxylic acids is 1. The molecule has 0 radical (unpaired) electrons. The van der Waals surface area contributed by atoms with Crippen molar-refractivity contribution in [2.75, 3.05) is 12.0 Å². The van der Waals surface area contributed by atoms with Crippen molar-refractivity contribution in [2.45, 2.75) is 3.26 Å². The van der Waals surface area contributed by atoms with Crippen LogP contribution in [-0.2, 0) is 9.84 Å². The molecule has 0 aromatic heterocycles. The molecule has 0 heterocycles. The molecule has 1 atom stereocenters. The van der Waals surface area contributed by atoms with Gasteiger partial charge in [0.25, 0.3) is 0 Å². The smallest absolute Gasteiger partial charge is 0.190 e. The maximum Gasteiger partial charge on any atom is 0.190 e. The van der Waals surface area contributed by atoms with Gasteiger partial charge in [0.15, 0.2) is 18.9 Å². The third-order valence-electron chi connectivity index (χ3n) is 1.78. The highest BCUT2D eigenvalue weighted by atomic mass is 127. The van der Waals surface area contributed by atoms with Crippen LogP contribution in [0.2, 0.25) is 0 Å². The number of halogens is 1. The van der Waals surface area contributed by atoms with Gasteiger partial charge in [-0.25, -0.2) is 8.42 Å². The Balaban J connectivity index is 3.01. The Bertz CT molecular complexity index is 467. The van der Waals surface area contributed by atoms with Crippen molar-refractivity contribution in [1.29, 1.82) is 0 Å². The van der Waals surface area contributed by atoms with Gasteiger partial charge >= 0.3 is 0 Å². The number of benzene rings is 1. The van der Waals surface area contributed by atoms with E-state index in [1.54, 1.807) is 34.7 Å². The minimum absolute atomic E-state index is 0.356. The second-order valence-corrected chi connectivity index (χ2v) is 7.35. The number of nitrogens with two attached hydrogens (primary N) is 1. The molecule has 15 heavy (non-hydrogen) atoms. The van der Waals surface area contributed by atoms with Gasteiger partial charge in [0, 0.05) is 17.5 Å². The van der Waals surface area contributed by atoms with Gasteiger partial charge in [-0.2, -0.15) is 0 Å². The fourth-order valence-corrected chi connectivity index (χ4v) is 1.86. The number of carbonyl (C=O) groups is 1. The van der Waals surface area contributed by atoms with Crippen LogP contribution in [-0.4, -0.2) is 23.7 Å². The highest BCUT2D eigenvalue weighted by Gasteiger charge is 2.26. The lowest BCUT2D eigenvalue weighted by Crippen LogP contribution is -2.23. The maximum atomic E-state index is 11.7. The van der Waals surface area contributed by atoms with Crippen LogP contribution in [0.3, 0.4) is 0 Å². The molecule has 0 aliphatic heterocycles. The molecule has 1 aromatic rings. The van der Waals surface area contributed by atoms with Gasteiger partial charge < -0.3 is 5.73 Å². The first-order chi connectivity index (χ1) is 6.82. The second-order valence-electron chi connectivity index (χ2n) is 3.13. The normalized spacial score (nSPS) is 13.5. The van der Waals surface area contributed by atoms with E-state index in [0.717, 1.165) is 6.26 Å². The van der Waals surface area contributed by atoms with Crippen molar-refractivity contribution < 1.29 is 13.2 Å². The fourth-order valence-electron chi connectivity index (χ4n) is 0.973. The second kappa shape index (κ2) is 4.48. The van der Waals surface area contributed by atoms with E-state index in [-0.39, 0.29) is 0 Å². The summed E-state index contributed by atoms with van der Waals surface area (Å²) in [4.78, 5) is 11.7. The molecule has 0 bridgehead atoms. The summed E-state index contributed by atoms with van der Waals surface area (Å²) in [5, 5.41) is 0. The van der Waals surface area contributed by atoms with Gasteiger partial charge in [-0.15, -0.1) is 0 Å². The number of rotatable bonds is 3. The van der Waals surface area contributed by atoms with Crippen molar-refractivity contribution >= 4 is 43.9 Å². The van der Waals surface area contributed by atoms with Crippen molar-refractivity contribution in [3.8, 4) is 0 Å². The molecular formula is C9H10INO3S. The summed E-state index contributed by atoms with van der Waals surface area (Å²) >= 11 is 1.62. The minimum Gasteiger partial charge on any atom is -0.399 e. The summed E-state index contributed by atoms with van der Waals surface area (Å²) in [6, 6.07) is 6.18. The molecule has 1 unspecified atom stereocenters. The van der Waals surface area contributed by atoms with Crippen LogP contribution in [0.5, 0.6) is 0 Å². The van der Waals surface area contributed by atoms with Gasteiger partial charge in [-0.05, 0) is 24.3 Å². The molecule has 4 nitrogen and oxygen atoms in total. The number of Topliss-reactive ketones (excluding diaryl/α,β-unsaturated/α-hetero) is 1. The summed E-state index contributed by atoms with van der Waals surface area (Å²) in [6.07, 6.45) is 1.04. The lowest BCUT2D eigenvalue weighted by molar-refractivity contribution is 0.101. The fraction of sp³-hybridized carbons (Fsp3) is 0.222. The van der Waals surface area contributed by atoms with Crippen LogP contribution in [0.1, 0.15) is 10.4 Å². The first-order valence-corrected chi connectivity index (χ1v) is 7.25. The van der Waals surface area contributed by atoms with Crippen molar-refractivity contribution in [2.24, 2.45) is 0 Å². The quantitative estimate of drug-likeness (QED) is 0.389. The molecule has 1 aromatic carbocycles. The topological polar surface area (TPSA) is 77.2 Å². The standard InChI is InChI=1S/C9H10INO3S/c1-15(13,14)9(10)8(12)6-2-4-7(11)5-3-6/h2-5,9H,11H2,1H3. The zero-order valence-electron chi connectivity index (χ0n) is 7.98. The summed E-state index contributed by atoms with van der Waals surface area (Å²) in [7, 11) is -3.35. The van der Waals surface area contributed by atoms with E-state index < -0.39 is 18.9 Å². The molecule has 6 heteroatoms. The van der Waals surface area contributed by atoms with E-state index in [0.29, 0.717) is 11.3 Å². The molecule has 2 N–H and O–H groups in total. The number of alkyl halides is 1. The number of hydrogen-bond donors (Lipinski definition) is 1. The van der Waals surface area contributed by atoms with E-state index in [2.05, 4.69) is 0 Å². The van der Waals surface area contributed by atoms with Gasteiger partial charge in [-0.1, -0.05) is 22.6 Å². The van der Waals surface area contributed by atoms with E-state index >= 15 is 0 Å². The largest absolute Gasteiger partial charge is 0.399 e. The highest BCUT2D eigenvalue weighted by molar-refractivity contribution is 14.1. The molecule has 0 saturated carbocycles. The predicted molar refractivity (Wildman–Crippen MR) is 67.8 cm³/mol. The van der Waals surface area contributed by atoms with Gasteiger partial charge in [-0.3, -0.25) is 4.79 Å². The third kappa shape index (κ3) is 3.16. The Hall–Kier alpha value is -0.630. The van der Waals surface area contributed by atoms with Crippen LogP contribution in [0.25, 0.3) is 0 Å². The Labute approximate surface area is 102 Å². The summed E-state index contributed by atoms with van der Waals surface area (Å²) in [6.45, 7) is 0. The molecule has 0 saturated heterocycles. The molecule has 0 spiro atoms. The third-order valence-corrected chi connectivity index (χ3v) is 6.08. The van der Waals surface area contributed by atoms with E-state index in [1.165, 1.54) is 12.1 Å². The number of hydrogen-bond acceptors (Lipinski definition) is 4. The highest BCUT2D eigenvalue weighted by Crippen LogP contribution is 2.16. The van der Waals surface area contributed by atoms with Crippen LogP contribution < -0.4 is 5.73 Å².